The van der Waals surface area contributed by atoms with Crippen molar-refractivity contribution in [1.82, 2.24) is 4.90 Å². The number of aliphatic hydroxyl groups excluding tert-OH is 1. The van der Waals surface area contributed by atoms with E-state index in [1.807, 2.05) is 36.1 Å². The third kappa shape index (κ3) is 4.19. The molecule has 0 saturated carbocycles. The Morgan fingerprint density at radius 3 is 2.71 bits per heavy atom. The minimum atomic E-state index is 0.0136. The van der Waals surface area contributed by atoms with E-state index < -0.39 is 0 Å². The number of ether oxygens (including phenoxy) is 2. The second kappa shape index (κ2) is 8.00. The van der Waals surface area contributed by atoms with Crippen LogP contribution in [0.3, 0.4) is 0 Å². The van der Waals surface area contributed by atoms with E-state index in [1.165, 1.54) is 0 Å². The van der Waals surface area contributed by atoms with Gasteiger partial charge in [-0.3, -0.25) is 4.79 Å². The fourth-order valence-electron chi connectivity index (χ4n) is 2.54. The summed E-state index contributed by atoms with van der Waals surface area (Å²) in [6.07, 6.45) is 1.76. The van der Waals surface area contributed by atoms with Crippen LogP contribution < -0.4 is 4.74 Å². The van der Waals surface area contributed by atoms with Gasteiger partial charge in [0.15, 0.2) is 0 Å². The van der Waals surface area contributed by atoms with Crippen LogP contribution in [0.25, 0.3) is 0 Å². The molecule has 1 amide bonds. The zero-order chi connectivity index (χ0) is 15.1. The summed E-state index contributed by atoms with van der Waals surface area (Å²) in [5.74, 6) is 0.656. The molecule has 1 aliphatic heterocycles. The molecule has 1 heterocycles. The Hall–Kier alpha value is -1.59. The van der Waals surface area contributed by atoms with Crippen molar-refractivity contribution in [1.29, 1.82) is 0 Å². The van der Waals surface area contributed by atoms with Crippen molar-refractivity contribution in [3.05, 3.63) is 29.8 Å². The Kier molecular flexibility index (Phi) is 6.02. The lowest BCUT2D eigenvalue weighted by Crippen LogP contribution is -2.41. The van der Waals surface area contributed by atoms with E-state index in [4.69, 9.17) is 14.6 Å². The van der Waals surface area contributed by atoms with Gasteiger partial charge in [-0.15, -0.1) is 0 Å². The highest BCUT2D eigenvalue weighted by molar-refractivity contribution is 5.97. The lowest BCUT2D eigenvalue weighted by Gasteiger charge is -2.32. The molecule has 0 atom stereocenters. The number of nitrogens with zero attached hydrogens (tertiary/aromatic N) is 1. The summed E-state index contributed by atoms with van der Waals surface area (Å²) in [4.78, 5) is 14.4. The van der Waals surface area contributed by atoms with Crippen LogP contribution in [0.2, 0.25) is 0 Å². The van der Waals surface area contributed by atoms with Crippen LogP contribution in [0.4, 0.5) is 0 Å². The molecule has 2 rings (SSSR count). The summed E-state index contributed by atoms with van der Waals surface area (Å²) in [5, 5.41) is 8.76. The average Bonchev–Trinajstić information content (AvgIpc) is 2.53. The zero-order valence-corrected chi connectivity index (χ0v) is 12.5. The van der Waals surface area contributed by atoms with Crippen LogP contribution in [0.1, 0.15) is 30.1 Å². The van der Waals surface area contributed by atoms with Crippen LogP contribution in [0, 0.1) is 0 Å². The van der Waals surface area contributed by atoms with E-state index in [0.717, 1.165) is 12.8 Å². The molecule has 1 N–H and O–H groups in total. The van der Waals surface area contributed by atoms with Gasteiger partial charge in [0.25, 0.3) is 5.91 Å². The third-order valence-corrected chi connectivity index (χ3v) is 3.59. The van der Waals surface area contributed by atoms with Gasteiger partial charge in [-0.05, 0) is 31.9 Å². The first-order chi connectivity index (χ1) is 10.3. The Bertz CT molecular complexity index is 455. The van der Waals surface area contributed by atoms with E-state index in [1.54, 1.807) is 0 Å². The largest absolute Gasteiger partial charge is 0.493 e. The number of rotatable bonds is 6. The molecule has 5 heteroatoms. The molecule has 0 aromatic heterocycles. The molecule has 1 fully saturated rings. The Morgan fingerprint density at radius 2 is 2.05 bits per heavy atom. The van der Waals surface area contributed by atoms with Crippen LogP contribution in [-0.2, 0) is 4.74 Å². The molecule has 0 radical (unpaired) electrons. The minimum absolute atomic E-state index is 0.0136. The normalized spacial score (nSPS) is 16.0. The van der Waals surface area contributed by atoms with Gasteiger partial charge in [0.05, 0.1) is 31.5 Å². The van der Waals surface area contributed by atoms with Gasteiger partial charge in [0.2, 0.25) is 0 Å². The molecular weight excluding hydrogens is 270 g/mol. The average molecular weight is 293 g/mol. The van der Waals surface area contributed by atoms with Crippen molar-refractivity contribution in [2.75, 3.05) is 32.9 Å². The maximum atomic E-state index is 12.6. The van der Waals surface area contributed by atoms with E-state index >= 15 is 0 Å². The lowest BCUT2D eigenvalue weighted by atomic mass is 10.1. The molecular formula is C16H23NO4. The first kappa shape index (κ1) is 15.8. The summed E-state index contributed by atoms with van der Waals surface area (Å²) in [6, 6.07) is 7.36. The molecule has 0 aliphatic carbocycles. The second-order valence-corrected chi connectivity index (χ2v) is 5.02. The molecule has 0 unspecified atom stereocenters. The van der Waals surface area contributed by atoms with Crippen molar-refractivity contribution >= 4 is 5.91 Å². The summed E-state index contributed by atoms with van der Waals surface area (Å²) in [5.41, 5.74) is 0.620. The zero-order valence-electron chi connectivity index (χ0n) is 12.5. The maximum Gasteiger partial charge on any atom is 0.257 e. The summed E-state index contributed by atoms with van der Waals surface area (Å²) >= 11 is 0. The fourth-order valence-corrected chi connectivity index (χ4v) is 2.54. The number of carbonyl (C=O) groups excluding carboxylic acids is 1. The van der Waals surface area contributed by atoms with Gasteiger partial charge < -0.3 is 19.5 Å². The molecule has 1 aliphatic rings. The number of hydrogen-bond acceptors (Lipinski definition) is 4. The van der Waals surface area contributed by atoms with Crippen molar-refractivity contribution in [2.24, 2.45) is 0 Å². The predicted octanol–water partition coefficient (Wildman–Crippen LogP) is 1.70. The molecule has 116 valence electrons. The highest BCUT2D eigenvalue weighted by Crippen LogP contribution is 2.22. The van der Waals surface area contributed by atoms with Gasteiger partial charge in [-0.25, -0.2) is 0 Å². The number of amides is 1. The summed E-state index contributed by atoms with van der Waals surface area (Å²) < 4.78 is 11.0. The monoisotopic (exact) mass is 293 g/mol. The number of para-hydroxylation sites is 1. The van der Waals surface area contributed by atoms with E-state index in [9.17, 15) is 4.79 Å². The molecule has 1 saturated heterocycles. The second-order valence-electron chi connectivity index (χ2n) is 5.02. The quantitative estimate of drug-likeness (QED) is 0.867. The number of aliphatic hydroxyl groups is 1. The number of hydrogen-bond donors (Lipinski definition) is 1. The number of piperidine rings is 1. The molecule has 21 heavy (non-hydrogen) atoms. The van der Waals surface area contributed by atoms with Gasteiger partial charge >= 0.3 is 0 Å². The molecule has 1 aromatic rings. The van der Waals surface area contributed by atoms with E-state index in [0.29, 0.717) is 37.6 Å². The SMILES string of the molecule is CCOc1ccccc1C(=O)N1CCC(OCCO)CC1. The number of benzene rings is 1. The van der Waals surface area contributed by atoms with Gasteiger partial charge in [0.1, 0.15) is 5.75 Å². The van der Waals surface area contributed by atoms with Gasteiger partial charge in [-0.1, -0.05) is 12.1 Å². The van der Waals surface area contributed by atoms with Crippen molar-refractivity contribution in [2.45, 2.75) is 25.9 Å². The van der Waals surface area contributed by atoms with Crippen LogP contribution in [0.15, 0.2) is 24.3 Å². The maximum absolute atomic E-state index is 12.6. The predicted molar refractivity (Wildman–Crippen MR) is 79.6 cm³/mol. The highest BCUT2D eigenvalue weighted by atomic mass is 16.5. The Labute approximate surface area is 125 Å². The van der Waals surface area contributed by atoms with Crippen LogP contribution in [-0.4, -0.2) is 54.9 Å². The van der Waals surface area contributed by atoms with Crippen molar-refractivity contribution < 1.29 is 19.4 Å². The first-order valence-electron chi connectivity index (χ1n) is 7.49. The van der Waals surface area contributed by atoms with Crippen LogP contribution in [0.5, 0.6) is 5.75 Å². The van der Waals surface area contributed by atoms with Gasteiger partial charge in [0, 0.05) is 13.1 Å². The Balaban J connectivity index is 1.96. The first-order valence-corrected chi connectivity index (χ1v) is 7.49. The fraction of sp³-hybridized carbons (Fsp3) is 0.562. The van der Waals surface area contributed by atoms with Crippen molar-refractivity contribution in [3.63, 3.8) is 0 Å². The minimum Gasteiger partial charge on any atom is -0.493 e. The van der Waals surface area contributed by atoms with E-state index in [2.05, 4.69) is 0 Å². The standard InChI is InChI=1S/C16H23NO4/c1-2-20-15-6-4-3-5-14(15)16(19)17-9-7-13(8-10-17)21-12-11-18/h3-6,13,18H,2,7-12H2,1H3. The smallest absolute Gasteiger partial charge is 0.257 e. The van der Waals surface area contributed by atoms with Crippen molar-refractivity contribution in [3.8, 4) is 5.75 Å². The summed E-state index contributed by atoms with van der Waals surface area (Å²) in [7, 11) is 0. The molecule has 1 aromatic carbocycles. The van der Waals surface area contributed by atoms with E-state index in [-0.39, 0.29) is 18.6 Å². The lowest BCUT2D eigenvalue weighted by molar-refractivity contribution is -0.00559. The third-order valence-electron chi connectivity index (χ3n) is 3.59. The molecule has 5 nitrogen and oxygen atoms in total. The van der Waals surface area contributed by atoms with Gasteiger partial charge in [-0.2, -0.15) is 0 Å². The highest BCUT2D eigenvalue weighted by Gasteiger charge is 2.25. The molecule has 0 bridgehead atoms. The Morgan fingerprint density at radius 1 is 1.33 bits per heavy atom. The topological polar surface area (TPSA) is 59.0 Å². The summed E-state index contributed by atoms with van der Waals surface area (Å²) in [6.45, 7) is 4.21. The number of carbonyl (C=O) groups is 1. The molecule has 0 spiro atoms. The van der Waals surface area contributed by atoms with Crippen LogP contribution >= 0.6 is 0 Å². The number of likely N-dealkylation sites (tertiary alicyclic amines) is 1.